The van der Waals surface area contributed by atoms with Gasteiger partial charge in [0.25, 0.3) is 5.56 Å². The van der Waals surface area contributed by atoms with Gasteiger partial charge in [0.15, 0.2) is 5.58 Å². The second kappa shape index (κ2) is 5.99. The maximum absolute atomic E-state index is 12.3. The number of pyridine rings is 1. The number of imidazole rings is 1. The Morgan fingerprint density at radius 3 is 2.96 bits per heavy atom. The molecule has 1 aromatic carbocycles. The highest BCUT2D eigenvalue weighted by Gasteiger charge is 2.14. The van der Waals surface area contributed by atoms with Crippen LogP contribution in [0.5, 0.6) is 0 Å². The molecular weight excluding hydrogens is 358 g/mol. The van der Waals surface area contributed by atoms with Gasteiger partial charge in [0.05, 0.1) is 11.8 Å². The number of nitrogens with one attached hydrogen (secondary N) is 1. The highest BCUT2D eigenvalue weighted by atomic mass is 35.5. The first-order chi connectivity index (χ1) is 12.4. The van der Waals surface area contributed by atoms with E-state index < -0.39 is 0 Å². The molecule has 4 aromatic rings. The van der Waals surface area contributed by atoms with Gasteiger partial charge in [-0.2, -0.15) is 4.98 Å². The number of aromatic nitrogens is 4. The molecule has 3 aromatic heterocycles. The quantitative estimate of drug-likeness (QED) is 0.597. The summed E-state index contributed by atoms with van der Waals surface area (Å²) in [5, 5.41) is 3.16. The van der Waals surface area contributed by atoms with Gasteiger partial charge in [-0.15, -0.1) is 0 Å². The van der Waals surface area contributed by atoms with Crippen LogP contribution in [-0.2, 0) is 18.4 Å². The zero-order chi connectivity index (χ0) is 18.4. The van der Waals surface area contributed by atoms with Crippen LogP contribution in [0.15, 0.2) is 39.9 Å². The summed E-state index contributed by atoms with van der Waals surface area (Å²) in [7, 11) is 1.64. The second-order valence-electron chi connectivity index (χ2n) is 5.97. The van der Waals surface area contributed by atoms with Crippen molar-refractivity contribution < 1.29 is 9.21 Å². The molecule has 26 heavy (non-hydrogen) atoms. The van der Waals surface area contributed by atoms with E-state index >= 15 is 0 Å². The molecule has 0 aliphatic heterocycles. The third-order valence-corrected chi connectivity index (χ3v) is 4.48. The standard InChI is InChI=1S/C17H14ClN5O3/c1-9-5-13-12(6-10(9)18)20-17(26-13)21-14(24)7-23-8-19-11-3-4-22(2)16(25)15(11)23/h3-6,8H,7H2,1-2H3,(H,20,21,24). The van der Waals surface area contributed by atoms with Gasteiger partial charge in [-0.05, 0) is 30.7 Å². The Morgan fingerprint density at radius 1 is 1.35 bits per heavy atom. The summed E-state index contributed by atoms with van der Waals surface area (Å²) in [6, 6.07) is 5.23. The van der Waals surface area contributed by atoms with E-state index in [-0.39, 0.29) is 24.0 Å². The Kier molecular flexibility index (Phi) is 3.77. The average molecular weight is 372 g/mol. The molecule has 0 unspecified atom stereocenters. The SMILES string of the molecule is Cc1cc2oc(NC(=O)Cn3cnc4ccn(C)c(=O)c43)nc2cc1Cl. The zero-order valence-electron chi connectivity index (χ0n) is 14.0. The summed E-state index contributed by atoms with van der Waals surface area (Å²) in [4.78, 5) is 32.9. The zero-order valence-corrected chi connectivity index (χ0v) is 14.7. The Bertz CT molecular complexity index is 1180. The smallest absolute Gasteiger partial charge is 0.302 e. The maximum Gasteiger partial charge on any atom is 0.302 e. The number of aryl methyl sites for hydroxylation is 2. The van der Waals surface area contributed by atoms with Gasteiger partial charge in [0.2, 0.25) is 5.91 Å². The number of hydrogen-bond donors (Lipinski definition) is 1. The largest absolute Gasteiger partial charge is 0.423 e. The number of oxazole rings is 1. The summed E-state index contributed by atoms with van der Waals surface area (Å²) >= 11 is 6.07. The van der Waals surface area contributed by atoms with E-state index in [4.69, 9.17) is 16.0 Å². The molecule has 1 N–H and O–H groups in total. The van der Waals surface area contributed by atoms with E-state index in [0.717, 1.165) is 5.56 Å². The second-order valence-corrected chi connectivity index (χ2v) is 6.38. The Morgan fingerprint density at radius 2 is 2.15 bits per heavy atom. The van der Waals surface area contributed by atoms with Crippen molar-refractivity contribution in [2.75, 3.05) is 5.32 Å². The molecule has 8 nitrogen and oxygen atoms in total. The van der Waals surface area contributed by atoms with Crippen LogP contribution < -0.4 is 10.9 Å². The van der Waals surface area contributed by atoms with Crippen LogP contribution in [0.25, 0.3) is 22.1 Å². The van der Waals surface area contributed by atoms with Crippen LogP contribution in [0.2, 0.25) is 5.02 Å². The molecule has 0 atom stereocenters. The van der Waals surface area contributed by atoms with E-state index in [1.54, 1.807) is 31.4 Å². The van der Waals surface area contributed by atoms with Crippen molar-refractivity contribution in [1.29, 1.82) is 0 Å². The average Bonchev–Trinajstić information content (AvgIpc) is 3.15. The van der Waals surface area contributed by atoms with Crippen molar-refractivity contribution >= 4 is 45.7 Å². The summed E-state index contributed by atoms with van der Waals surface area (Å²) in [5.41, 5.74) is 2.62. The molecule has 4 rings (SSSR count). The highest BCUT2D eigenvalue weighted by molar-refractivity contribution is 6.32. The van der Waals surface area contributed by atoms with Gasteiger partial charge >= 0.3 is 6.01 Å². The maximum atomic E-state index is 12.3. The Hall–Kier alpha value is -3.13. The van der Waals surface area contributed by atoms with E-state index in [9.17, 15) is 9.59 Å². The number of anilines is 1. The highest BCUT2D eigenvalue weighted by Crippen LogP contribution is 2.25. The van der Waals surface area contributed by atoms with Crippen LogP contribution in [0, 0.1) is 6.92 Å². The molecule has 132 valence electrons. The fourth-order valence-corrected chi connectivity index (χ4v) is 2.86. The fraction of sp³-hybridized carbons (Fsp3) is 0.176. The molecule has 1 amide bonds. The molecule has 0 fully saturated rings. The number of hydrogen-bond acceptors (Lipinski definition) is 5. The van der Waals surface area contributed by atoms with Crippen molar-refractivity contribution in [3.63, 3.8) is 0 Å². The molecule has 0 saturated heterocycles. The Labute approximate surface area is 152 Å². The molecule has 0 spiro atoms. The minimum atomic E-state index is -0.385. The van der Waals surface area contributed by atoms with E-state index in [1.807, 2.05) is 6.92 Å². The summed E-state index contributed by atoms with van der Waals surface area (Å²) < 4.78 is 8.46. The summed E-state index contributed by atoms with van der Waals surface area (Å²) in [6.07, 6.45) is 3.09. The lowest BCUT2D eigenvalue weighted by atomic mass is 10.2. The third-order valence-electron chi connectivity index (χ3n) is 4.07. The number of rotatable bonds is 3. The first-order valence-electron chi connectivity index (χ1n) is 7.79. The van der Waals surface area contributed by atoms with Crippen molar-refractivity contribution in [1.82, 2.24) is 19.1 Å². The number of nitrogens with zero attached hydrogens (tertiary/aromatic N) is 4. The van der Waals surface area contributed by atoms with Gasteiger partial charge in [-0.1, -0.05) is 11.6 Å². The topological polar surface area (TPSA) is 95.0 Å². The van der Waals surface area contributed by atoms with Gasteiger partial charge in [-0.25, -0.2) is 4.98 Å². The molecular formula is C17H14ClN5O3. The minimum absolute atomic E-state index is 0.0731. The normalized spacial score (nSPS) is 11.3. The molecule has 3 heterocycles. The van der Waals surface area contributed by atoms with Crippen molar-refractivity contribution in [2.45, 2.75) is 13.5 Å². The summed E-state index contributed by atoms with van der Waals surface area (Å²) in [6.45, 7) is 1.77. The molecule has 0 bridgehead atoms. The van der Waals surface area contributed by atoms with E-state index in [0.29, 0.717) is 27.2 Å². The fourth-order valence-electron chi connectivity index (χ4n) is 2.71. The predicted molar refractivity (Wildman–Crippen MR) is 97.4 cm³/mol. The number of amides is 1. The third kappa shape index (κ3) is 2.74. The molecule has 9 heteroatoms. The van der Waals surface area contributed by atoms with Crippen molar-refractivity contribution in [3.05, 3.63) is 51.7 Å². The van der Waals surface area contributed by atoms with Gasteiger partial charge in [0, 0.05) is 18.3 Å². The first kappa shape index (κ1) is 16.3. The summed E-state index contributed by atoms with van der Waals surface area (Å²) in [5.74, 6) is -0.385. The lowest BCUT2D eigenvalue weighted by Crippen LogP contribution is -2.23. The van der Waals surface area contributed by atoms with Crippen LogP contribution in [-0.4, -0.2) is 25.0 Å². The van der Waals surface area contributed by atoms with Crippen molar-refractivity contribution in [3.8, 4) is 0 Å². The lowest BCUT2D eigenvalue weighted by molar-refractivity contribution is -0.116. The number of halogens is 1. The van der Waals surface area contributed by atoms with Crippen LogP contribution in [0.1, 0.15) is 5.56 Å². The molecule has 0 radical (unpaired) electrons. The van der Waals surface area contributed by atoms with Crippen molar-refractivity contribution in [2.24, 2.45) is 7.05 Å². The molecule has 0 saturated carbocycles. The van der Waals surface area contributed by atoms with Crippen LogP contribution >= 0.6 is 11.6 Å². The number of fused-ring (bicyclic) bond motifs is 2. The monoisotopic (exact) mass is 371 g/mol. The van der Waals surface area contributed by atoms with Gasteiger partial charge in [0.1, 0.15) is 17.6 Å². The van der Waals surface area contributed by atoms with Gasteiger partial charge < -0.3 is 13.6 Å². The Balaban J connectivity index is 1.60. The minimum Gasteiger partial charge on any atom is -0.423 e. The van der Waals surface area contributed by atoms with Crippen LogP contribution in [0.4, 0.5) is 6.01 Å². The van der Waals surface area contributed by atoms with E-state index in [1.165, 1.54) is 15.5 Å². The number of carbonyl (C=O) groups is 1. The molecule has 0 aliphatic carbocycles. The lowest BCUT2D eigenvalue weighted by Gasteiger charge is -2.04. The van der Waals surface area contributed by atoms with Crippen LogP contribution in [0.3, 0.4) is 0 Å². The molecule has 0 aliphatic rings. The number of benzene rings is 1. The van der Waals surface area contributed by atoms with Gasteiger partial charge in [-0.3, -0.25) is 14.9 Å². The first-order valence-corrected chi connectivity index (χ1v) is 8.17. The predicted octanol–water partition coefficient (Wildman–Crippen LogP) is 2.48. The number of carbonyl (C=O) groups excluding carboxylic acids is 1. The van der Waals surface area contributed by atoms with E-state index in [2.05, 4.69) is 15.3 Å².